The summed E-state index contributed by atoms with van der Waals surface area (Å²) >= 11 is 0. The largest absolute Gasteiger partial charge is 0.472 e. The van der Waals surface area contributed by atoms with Crippen LogP contribution in [0, 0.1) is 0 Å². The summed E-state index contributed by atoms with van der Waals surface area (Å²) in [4.78, 5) is 0. The Bertz CT molecular complexity index is 209. The summed E-state index contributed by atoms with van der Waals surface area (Å²) in [7, 11) is 0. The fraction of sp³-hybridized carbons (Fsp3) is 0.600. The highest BCUT2D eigenvalue weighted by Gasteiger charge is 2.07. The molecule has 0 amide bonds. The molecule has 0 spiro atoms. The molecule has 13 heavy (non-hydrogen) atoms. The molecule has 3 N–H and O–H groups in total. The molecule has 3 heteroatoms. The first kappa shape index (κ1) is 10.3. The minimum atomic E-state index is 0.373. The van der Waals surface area contributed by atoms with Crippen LogP contribution in [0.1, 0.15) is 31.7 Å². The van der Waals surface area contributed by atoms with Crippen molar-refractivity contribution >= 4 is 0 Å². The average Bonchev–Trinajstić information content (AvgIpc) is 2.64. The van der Waals surface area contributed by atoms with E-state index < -0.39 is 0 Å². The van der Waals surface area contributed by atoms with Gasteiger partial charge in [0.2, 0.25) is 0 Å². The van der Waals surface area contributed by atoms with Crippen LogP contribution in [0.5, 0.6) is 0 Å². The zero-order valence-corrected chi connectivity index (χ0v) is 8.12. The van der Waals surface area contributed by atoms with Crippen molar-refractivity contribution in [2.75, 3.05) is 0 Å². The van der Waals surface area contributed by atoms with Crippen molar-refractivity contribution in [3.05, 3.63) is 24.2 Å². The van der Waals surface area contributed by atoms with Gasteiger partial charge >= 0.3 is 0 Å². The Morgan fingerprint density at radius 2 is 2.46 bits per heavy atom. The van der Waals surface area contributed by atoms with E-state index in [0.717, 1.165) is 12.8 Å². The summed E-state index contributed by atoms with van der Waals surface area (Å²) in [6, 6.07) is 2.36. The van der Waals surface area contributed by atoms with Crippen LogP contribution in [0.2, 0.25) is 0 Å². The second kappa shape index (κ2) is 5.78. The first-order chi connectivity index (χ1) is 6.36. The summed E-state index contributed by atoms with van der Waals surface area (Å²) in [5, 5.41) is 0. The molecule has 0 aliphatic carbocycles. The minimum absolute atomic E-state index is 0.373. The number of rotatable bonds is 6. The van der Waals surface area contributed by atoms with Gasteiger partial charge in [0.15, 0.2) is 0 Å². The van der Waals surface area contributed by atoms with Gasteiger partial charge in [-0.25, -0.2) is 0 Å². The molecule has 0 saturated heterocycles. The van der Waals surface area contributed by atoms with Gasteiger partial charge in [-0.05, 0) is 24.5 Å². The molecule has 1 unspecified atom stereocenters. The van der Waals surface area contributed by atoms with E-state index in [-0.39, 0.29) is 0 Å². The molecule has 1 rings (SSSR count). The van der Waals surface area contributed by atoms with Crippen LogP contribution < -0.4 is 11.3 Å². The van der Waals surface area contributed by atoms with Crippen LogP contribution in [0.15, 0.2) is 23.0 Å². The van der Waals surface area contributed by atoms with Gasteiger partial charge in [-0.2, -0.15) is 0 Å². The van der Waals surface area contributed by atoms with E-state index in [1.807, 2.05) is 6.07 Å². The molecule has 0 aromatic carbocycles. The molecular weight excluding hydrogens is 164 g/mol. The Labute approximate surface area is 79.3 Å². The maximum absolute atomic E-state index is 5.45. The minimum Gasteiger partial charge on any atom is -0.472 e. The van der Waals surface area contributed by atoms with Crippen molar-refractivity contribution in [3.8, 4) is 0 Å². The van der Waals surface area contributed by atoms with Crippen LogP contribution in [-0.2, 0) is 6.42 Å². The predicted octanol–water partition coefficient (Wildman–Crippen LogP) is 1.84. The fourth-order valence-corrected chi connectivity index (χ4v) is 1.39. The molecule has 1 aromatic rings. The zero-order chi connectivity index (χ0) is 9.52. The maximum Gasteiger partial charge on any atom is 0.0935 e. The molecule has 0 bridgehead atoms. The second-order valence-electron chi connectivity index (χ2n) is 3.34. The topological polar surface area (TPSA) is 51.2 Å². The zero-order valence-electron chi connectivity index (χ0n) is 8.12. The van der Waals surface area contributed by atoms with Gasteiger partial charge < -0.3 is 4.42 Å². The van der Waals surface area contributed by atoms with E-state index >= 15 is 0 Å². The van der Waals surface area contributed by atoms with Gasteiger partial charge in [0.1, 0.15) is 0 Å². The van der Waals surface area contributed by atoms with Crippen molar-refractivity contribution in [2.45, 2.75) is 38.6 Å². The van der Waals surface area contributed by atoms with Crippen molar-refractivity contribution in [1.82, 2.24) is 5.43 Å². The first-order valence-corrected chi connectivity index (χ1v) is 4.84. The Kier molecular flexibility index (Phi) is 4.57. The average molecular weight is 182 g/mol. The lowest BCUT2D eigenvalue weighted by atomic mass is 10.0. The van der Waals surface area contributed by atoms with Gasteiger partial charge in [0, 0.05) is 6.04 Å². The summed E-state index contributed by atoms with van der Waals surface area (Å²) in [5.74, 6) is 5.45. The number of furan rings is 1. The molecule has 0 saturated carbocycles. The smallest absolute Gasteiger partial charge is 0.0935 e. The monoisotopic (exact) mass is 182 g/mol. The van der Waals surface area contributed by atoms with Gasteiger partial charge in [0.05, 0.1) is 12.5 Å². The van der Waals surface area contributed by atoms with Crippen LogP contribution in [0.4, 0.5) is 0 Å². The van der Waals surface area contributed by atoms with Crippen LogP contribution in [-0.4, -0.2) is 6.04 Å². The van der Waals surface area contributed by atoms with Crippen LogP contribution in [0.25, 0.3) is 0 Å². The molecule has 0 radical (unpaired) electrons. The standard InChI is InChI=1S/C10H18N2O/c1-2-3-4-10(12-11)7-9-5-6-13-8-9/h5-6,8,10,12H,2-4,7,11H2,1H3. The van der Waals surface area contributed by atoms with E-state index in [1.165, 1.54) is 18.4 Å². The van der Waals surface area contributed by atoms with Gasteiger partial charge in [-0.3, -0.25) is 11.3 Å². The van der Waals surface area contributed by atoms with E-state index in [2.05, 4.69) is 12.3 Å². The van der Waals surface area contributed by atoms with Crippen molar-refractivity contribution in [1.29, 1.82) is 0 Å². The highest BCUT2D eigenvalue weighted by molar-refractivity contribution is 5.07. The van der Waals surface area contributed by atoms with E-state index in [4.69, 9.17) is 10.3 Å². The van der Waals surface area contributed by atoms with Crippen molar-refractivity contribution < 1.29 is 4.42 Å². The molecule has 1 heterocycles. The van der Waals surface area contributed by atoms with E-state index in [1.54, 1.807) is 12.5 Å². The molecular formula is C10H18N2O. The molecule has 1 aromatic heterocycles. The fourth-order valence-electron chi connectivity index (χ4n) is 1.39. The number of nitrogens with two attached hydrogens (primary N) is 1. The Balaban J connectivity index is 2.31. The summed E-state index contributed by atoms with van der Waals surface area (Å²) < 4.78 is 5.00. The van der Waals surface area contributed by atoms with Crippen LogP contribution >= 0.6 is 0 Å². The SMILES string of the molecule is CCCCC(Cc1ccoc1)NN. The molecule has 3 nitrogen and oxygen atoms in total. The summed E-state index contributed by atoms with van der Waals surface area (Å²) in [6.45, 7) is 2.19. The van der Waals surface area contributed by atoms with Crippen LogP contribution in [0.3, 0.4) is 0 Å². The highest BCUT2D eigenvalue weighted by atomic mass is 16.3. The third kappa shape index (κ3) is 3.61. The van der Waals surface area contributed by atoms with Gasteiger partial charge in [-0.1, -0.05) is 19.8 Å². The molecule has 74 valence electrons. The molecule has 1 atom stereocenters. The van der Waals surface area contributed by atoms with Gasteiger partial charge in [-0.15, -0.1) is 0 Å². The number of unbranched alkanes of at least 4 members (excludes halogenated alkanes) is 1. The quantitative estimate of drug-likeness (QED) is 0.521. The number of hydrazine groups is 1. The Morgan fingerprint density at radius 1 is 1.62 bits per heavy atom. The normalized spacial score (nSPS) is 13.1. The van der Waals surface area contributed by atoms with Crippen molar-refractivity contribution in [3.63, 3.8) is 0 Å². The predicted molar refractivity (Wildman–Crippen MR) is 53.0 cm³/mol. The lowest BCUT2D eigenvalue weighted by Crippen LogP contribution is -2.36. The lowest BCUT2D eigenvalue weighted by molar-refractivity contribution is 0.470. The molecule has 0 fully saturated rings. The van der Waals surface area contributed by atoms with E-state index in [0.29, 0.717) is 6.04 Å². The lowest BCUT2D eigenvalue weighted by Gasteiger charge is -2.13. The first-order valence-electron chi connectivity index (χ1n) is 4.84. The second-order valence-corrected chi connectivity index (χ2v) is 3.34. The third-order valence-electron chi connectivity index (χ3n) is 2.20. The highest BCUT2D eigenvalue weighted by Crippen LogP contribution is 2.08. The molecule has 0 aliphatic heterocycles. The Hall–Kier alpha value is -0.800. The number of nitrogens with one attached hydrogen (secondary N) is 1. The number of hydrogen-bond donors (Lipinski definition) is 2. The Morgan fingerprint density at radius 3 is 3.00 bits per heavy atom. The maximum atomic E-state index is 5.45. The summed E-state index contributed by atoms with van der Waals surface area (Å²) in [6.07, 6.45) is 7.97. The third-order valence-corrected chi connectivity index (χ3v) is 2.20. The van der Waals surface area contributed by atoms with E-state index in [9.17, 15) is 0 Å². The molecule has 0 aliphatic rings. The van der Waals surface area contributed by atoms with Crippen molar-refractivity contribution in [2.24, 2.45) is 5.84 Å². The van der Waals surface area contributed by atoms with Gasteiger partial charge in [0.25, 0.3) is 0 Å². The number of hydrogen-bond acceptors (Lipinski definition) is 3. The summed E-state index contributed by atoms with van der Waals surface area (Å²) in [5.41, 5.74) is 4.04.